The number of pyridine rings is 1. The summed E-state index contributed by atoms with van der Waals surface area (Å²) in [5.74, 6) is 2.93. The number of rotatable bonds is 5. The highest BCUT2D eigenvalue weighted by atomic mass is 16.5. The van der Waals surface area contributed by atoms with Gasteiger partial charge in [0.05, 0.1) is 7.11 Å². The fraction of sp³-hybridized carbons (Fsp3) is 0.304. The van der Waals surface area contributed by atoms with Gasteiger partial charge in [-0.05, 0) is 67.4 Å². The summed E-state index contributed by atoms with van der Waals surface area (Å²) in [5.41, 5.74) is 2.87. The molecule has 1 aliphatic rings. The zero-order chi connectivity index (χ0) is 22.5. The van der Waals surface area contributed by atoms with E-state index in [0.29, 0.717) is 32.0 Å². The maximum atomic E-state index is 12.7. The smallest absolute Gasteiger partial charge is 0.321 e. The number of hydrogen-bond acceptors (Lipinski definition) is 7. The van der Waals surface area contributed by atoms with Crippen LogP contribution < -0.4 is 20.3 Å². The minimum Gasteiger partial charge on any atom is -0.497 e. The van der Waals surface area contributed by atoms with E-state index in [9.17, 15) is 4.79 Å². The highest BCUT2D eigenvalue weighted by Gasteiger charge is 2.22. The fourth-order valence-corrected chi connectivity index (χ4v) is 3.53. The number of nitrogens with one attached hydrogen (secondary N) is 2. The second-order valence-electron chi connectivity index (χ2n) is 7.71. The molecule has 3 heterocycles. The summed E-state index contributed by atoms with van der Waals surface area (Å²) in [7, 11) is 1.63. The number of methoxy groups -OCH3 is 1. The zero-order valence-corrected chi connectivity index (χ0v) is 18.5. The van der Waals surface area contributed by atoms with E-state index in [2.05, 4.69) is 30.7 Å². The molecule has 1 fully saturated rings. The lowest BCUT2D eigenvalue weighted by Gasteiger charge is -2.35. The Morgan fingerprint density at radius 3 is 2.44 bits per heavy atom. The summed E-state index contributed by atoms with van der Waals surface area (Å²) in [5, 5.41) is 14.8. The number of carbonyl (C=O) groups is 1. The molecule has 0 atom stereocenters. The Hall–Kier alpha value is -3.88. The first-order valence-corrected chi connectivity index (χ1v) is 10.5. The van der Waals surface area contributed by atoms with Crippen molar-refractivity contribution in [3.05, 3.63) is 59.8 Å². The van der Waals surface area contributed by atoms with E-state index in [1.807, 2.05) is 61.2 Å². The molecule has 3 aromatic rings. The van der Waals surface area contributed by atoms with E-state index in [1.165, 1.54) is 0 Å². The molecule has 166 valence electrons. The van der Waals surface area contributed by atoms with Crippen LogP contribution in [0.4, 0.5) is 27.9 Å². The average molecular weight is 434 g/mol. The Kier molecular flexibility index (Phi) is 6.34. The standard InChI is InChI=1S/C23H27N7O2/c1-16-8-9-24-21(14-16)26-20-6-7-22(28-27-20)29-10-12-30(13-11-29)23(31)25-19-5-4-18(32-3)15-17(19)2/h4-9,14-15H,10-13H2,1-3H3,(H,25,31)(H,24,26,27). The number of amides is 2. The zero-order valence-electron chi connectivity index (χ0n) is 18.5. The van der Waals surface area contributed by atoms with Gasteiger partial charge < -0.3 is 25.2 Å². The number of aryl methyl sites for hydroxylation is 2. The number of ether oxygens (including phenoxy) is 1. The number of carbonyl (C=O) groups excluding carboxylic acids is 1. The predicted octanol–water partition coefficient (Wildman–Crippen LogP) is 3.59. The van der Waals surface area contributed by atoms with Crippen LogP contribution in [0.3, 0.4) is 0 Å². The van der Waals surface area contributed by atoms with Crippen molar-refractivity contribution >= 4 is 29.2 Å². The van der Waals surface area contributed by atoms with Gasteiger partial charge in [0.1, 0.15) is 11.6 Å². The van der Waals surface area contributed by atoms with E-state index in [4.69, 9.17) is 4.74 Å². The number of anilines is 4. The van der Waals surface area contributed by atoms with Gasteiger partial charge >= 0.3 is 6.03 Å². The summed E-state index contributed by atoms with van der Waals surface area (Å²) < 4.78 is 5.22. The van der Waals surface area contributed by atoms with E-state index in [0.717, 1.165) is 34.2 Å². The van der Waals surface area contributed by atoms with Crippen LogP contribution in [0, 0.1) is 13.8 Å². The Balaban J connectivity index is 1.31. The van der Waals surface area contributed by atoms with E-state index in [-0.39, 0.29) is 6.03 Å². The molecule has 0 spiro atoms. The highest BCUT2D eigenvalue weighted by Crippen LogP contribution is 2.22. The first-order valence-electron chi connectivity index (χ1n) is 10.5. The van der Waals surface area contributed by atoms with Crippen LogP contribution in [0.5, 0.6) is 5.75 Å². The molecule has 0 unspecified atom stereocenters. The molecular formula is C23H27N7O2. The van der Waals surface area contributed by atoms with Gasteiger partial charge in [-0.15, -0.1) is 10.2 Å². The van der Waals surface area contributed by atoms with Gasteiger partial charge in [-0.2, -0.15) is 0 Å². The molecule has 2 N–H and O–H groups in total. The first-order chi connectivity index (χ1) is 15.5. The van der Waals surface area contributed by atoms with Gasteiger partial charge in [-0.3, -0.25) is 0 Å². The summed E-state index contributed by atoms with van der Waals surface area (Å²) >= 11 is 0. The minimum atomic E-state index is -0.103. The van der Waals surface area contributed by atoms with Crippen molar-refractivity contribution in [1.29, 1.82) is 0 Å². The monoisotopic (exact) mass is 433 g/mol. The third kappa shape index (κ3) is 5.05. The van der Waals surface area contributed by atoms with Crippen molar-refractivity contribution in [2.45, 2.75) is 13.8 Å². The van der Waals surface area contributed by atoms with Gasteiger partial charge in [0.25, 0.3) is 0 Å². The van der Waals surface area contributed by atoms with Crippen LogP contribution in [0.1, 0.15) is 11.1 Å². The Bertz CT molecular complexity index is 1080. The lowest BCUT2D eigenvalue weighted by Crippen LogP contribution is -2.50. The predicted molar refractivity (Wildman–Crippen MR) is 125 cm³/mol. The molecule has 0 radical (unpaired) electrons. The molecule has 1 aromatic carbocycles. The fourth-order valence-electron chi connectivity index (χ4n) is 3.53. The maximum Gasteiger partial charge on any atom is 0.321 e. The van der Waals surface area contributed by atoms with Crippen molar-refractivity contribution in [3.63, 3.8) is 0 Å². The molecule has 0 aliphatic carbocycles. The molecule has 0 bridgehead atoms. The normalized spacial score (nSPS) is 13.6. The molecule has 1 aliphatic heterocycles. The number of benzene rings is 1. The first kappa shape index (κ1) is 21.4. The van der Waals surface area contributed by atoms with Gasteiger partial charge in [0.2, 0.25) is 0 Å². The van der Waals surface area contributed by atoms with Crippen molar-refractivity contribution in [1.82, 2.24) is 20.1 Å². The molecule has 2 amide bonds. The van der Waals surface area contributed by atoms with E-state index in [1.54, 1.807) is 13.3 Å². The van der Waals surface area contributed by atoms with E-state index >= 15 is 0 Å². The molecule has 9 heteroatoms. The van der Waals surface area contributed by atoms with Gasteiger partial charge in [-0.1, -0.05) is 0 Å². The van der Waals surface area contributed by atoms with Crippen LogP contribution in [0.2, 0.25) is 0 Å². The molecule has 9 nitrogen and oxygen atoms in total. The third-order valence-corrected chi connectivity index (χ3v) is 5.39. The summed E-state index contributed by atoms with van der Waals surface area (Å²) in [4.78, 5) is 20.9. The van der Waals surface area contributed by atoms with Crippen LogP contribution in [0.15, 0.2) is 48.7 Å². The molecule has 2 aromatic heterocycles. The third-order valence-electron chi connectivity index (χ3n) is 5.39. The topological polar surface area (TPSA) is 95.5 Å². The average Bonchev–Trinajstić information content (AvgIpc) is 2.81. The molecular weight excluding hydrogens is 406 g/mol. The van der Waals surface area contributed by atoms with E-state index < -0.39 is 0 Å². The van der Waals surface area contributed by atoms with Crippen molar-refractivity contribution < 1.29 is 9.53 Å². The second kappa shape index (κ2) is 9.51. The van der Waals surface area contributed by atoms with Crippen LogP contribution >= 0.6 is 0 Å². The number of hydrogen-bond donors (Lipinski definition) is 2. The Morgan fingerprint density at radius 1 is 0.969 bits per heavy atom. The number of piperazine rings is 1. The van der Waals surface area contributed by atoms with Crippen molar-refractivity contribution in [3.8, 4) is 5.75 Å². The highest BCUT2D eigenvalue weighted by molar-refractivity contribution is 5.90. The van der Waals surface area contributed by atoms with Crippen LogP contribution in [-0.2, 0) is 0 Å². The summed E-state index contributed by atoms with van der Waals surface area (Å²) in [6.45, 7) is 6.56. The quantitative estimate of drug-likeness (QED) is 0.635. The summed E-state index contributed by atoms with van der Waals surface area (Å²) in [6.07, 6.45) is 1.76. The minimum absolute atomic E-state index is 0.103. The molecule has 4 rings (SSSR count). The van der Waals surface area contributed by atoms with Crippen molar-refractivity contribution in [2.75, 3.05) is 48.8 Å². The Labute approximate surface area is 187 Å². The van der Waals surface area contributed by atoms with Crippen LogP contribution in [-0.4, -0.2) is 59.4 Å². The molecule has 0 saturated carbocycles. The molecule has 1 saturated heterocycles. The lowest BCUT2D eigenvalue weighted by atomic mass is 10.2. The van der Waals surface area contributed by atoms with Crippen LogP contribution in [0.25, 0.3) is 0 Å². The maximum absolute atomic E-state index is 12.7. The van der Waals surface area contributed by atoms with Crippen molar-refractivity contribution in [2.24, 2.45) is 0 Å². The van der Waals surface area contributed by atoms with Gasteiger partial charge in [-0.25, -0.2) is 9.78 Å². The SMILES string of the molecule is COc1ccc(NC(=O)N2CCN(c3ccc(Nc4cc(C)ccn4)nn3)CC2)c(C)c1. The second-order valence-corrected chi connectivity index (χ2v) is 7.71. The molecule has 32 heavy (non-hydrogen) atoms. The van der Waals surface area contributed by atoms with Gasteiger partial charge in [0.15, 0.2) is 11.6 Å². The number of urea groups is 1. The Morgan fingerprint density at radius 2 is 1.78 bits per heavy atom. The van der Waals surface area contributed by atoms with Gasteiger partial charge in [0, 0.05) is 38.1 Å². The number of aromatic nitrogens is 3. The summed E-state index contributed by atoms with van der Waals surface area (Å²) in [6, 6.07) is 13.2. The lowest BCUT2D eigenvalue weighted by molar-refractivity contribution is 0.208. The number of nitrogens with zero attached hydrogens (tertiary/aromatic N) is 5. The largest absolute Gasteiger partial charge is 0.497 e.